The Morgan fingerprint density at radius 3 is 2.64 bits per heavy atom. The second kappa shape index (κ2) is 9.64. The maximum Gasteiger partial charge on any atom is 0.264 e. The first-order chi connectivity index (χ1) is 18.7. The maximum atomic E-state index is 13.3. The first-order valence-electron chi connectivity index (χ1n) is 13.4. The van der Waals surface area contributed by atoms with Crippen LogP contribution in [0, 0.1) is 5.41 Å². The Kier molecular flexibility index (Phi) is 6.25. The third-order valence-corrected chi connectivity index (χ3v) is 8.20. The summed E-state index contributed by atoms with van der Waals surface area (Å²) in [7, 11) is 0. The highest BCUT2D eigenvalue weighted by Gasteiger charge is 2.46. The van der Waals surface area contributed by atoms with Gasteiger partial charge in [-0.05, 0) is 44.7 Å². The number of carbonyl (C=O) groups is 4. The molecule has 1 atom stereocenters. The predicted octanol–water partition coefficient (Wildman–Crippen LogP) is 2.08. The van der Waals surface area contributed by atoms with Crippen LogP contribution in [0.4, 0.5) is 5.69 Å². The first-order valence-corrected chi connectivity index (χ1v) is 13.4. The van der Waals surface area contributed by atoms with E-state index < -0.39 is 17.9 Å². The number of benzene rings is 1. The van der Waals surface area contributed by atoms with Crippen molar-refractivity contribution in [3.8, 4) is 0 Å². The van der Waals surface area contributed by atoms with Gasteiger partial charge in [-0.1, -0.05) is 12.6 Å². The number of imide groups is 1. The Bertz CT molecular complexity index is 1370. The molecule has 11 heteroatoms. The molecule has 11 nitrogen and oxygen atoms in total. The molecule has 2 N–H and O–H groups in total. The van der Waals surface area contributed by atoms with Gasteiger partial charge in [-0.2, -0.15) is 5.10 Å². The zero-order valence-corrected chi connectivity index (χ0v) is 21.9. The summed E-state index contributed by atoms with van der Waals surface area (Å²) in [5.41, 5.74) is 2.27. The van der Waals surface area contributed by atoms with Gasteiger partial charge < -0.3 is 20.3 Å². The number of likely N-dealkylation sites (tertiary alicyclic amines) is 1. The van der Waals surface area contributed by atoms with Crippen LogP contribution in [0.2, 0.25) is 0 Å². The molecule has 3 fully saturated rings. The van der Waals surface area contributed by atoms with Crippen LogP contribution in [0.5, 0.6) is 0 Å². The van der Waals surface area contributed by atoms with Crippen LogP contribution in [0.25, 0.3) is 0 Å². The van der Waals surface area contributed by atoms with Crippen molar-refractivity contribution in [1.29, 1.82) is 0 Å². The summed E-state index contributed by atoms with van der Waals surface area (Å²) >= 11 is 0. The van der Waals surface area contributed by atoms with Crippen LogP contribution in [-0.2, 0) is 20.9 Å². The lowest BCUT2D eigenvalue weighted by Crippen LogP contribution is -2.55. The predicted molar refractivity (Wildman–Crippen MR) is 141 cm³/mol. The largest absolute Gasteiger partial charge is 0.380 e. The van der Waals surface area contributed by atoms with Gasteiger partial charge in [-0.25, -0.2) is 0 Å². The van der Waals surface area contributed by atoms with Gasteiger partial charge in [0.05, 0.1) is 42.0 Å². The third-order valence-electron chi connectivity index (χ3n) is 8.20. The molecule has 6 rings (SSSR count). The minimum Gasteiger partial charge on any atom is -0.380 e. The van der Waals surface area contributed by atoms with Crippen LogP contribution >= 0.6 is 0 Å². The summed E-state index contributed by atoms with van der Waals surface area (Å²) < 4.78 is 7.20. The van der Waals surface area contributed by atoms with Crippen LogP contribution < -0.4 is 10.6 Å². The van der Waals surface area contributed by atoms with Gasteiger partial charge in [0.15, 0.2) is 0 Å². The van der Waals surface area contributed by atoms with Crippen molar-refractivity contribution in [2.75, 3.05) is 31.6 Å². The fourth-order valence-electron chi connectivity index (χ4n) is 5.85. The van der Waals surface area contributed by atoms with Gasteiger partial charge in [-0.3, -0.25) is 28.8 Å². The Morgan fingerprint density at radius 2 is 1.95 bits per heavy atom. The van der Waals surface area contributed by atoms with Crippen LogP contribution in [-0.4, -0.2) is 75.6 Å². The first kappa shape index (κ1) is 25.3. The fraction of sp³-hybridized carbons (Fsp3) is 0.464. The van der Waals surface area contributed by atoms with Crippen molar-refractivity contribution < 1.29 is 23.9 Å². The molecule has 0 bridgehead atoms. The molecule has 0 aliphatic carbocycles. The Labute approximate surface area is 226 Å². The summed E-state index contributed by atoms with van der Waals surface area (Å²) in [5.74, 6) is -1.13. The summed E-state index contributed by atoms with van der Waals surface area (Å²) in [6, 6.07) is 4.47. The number of aromatic nitrogens is 2. The lowest BCUT2D eigenvalue weighted by atomic mass is 9.86. The van der Waals surface area contributed by atoms with E-state index in [1.807, 2.05) is 22.7 Å². The number of hydrogen-bond acceptors (Lipinski definition) is 7. The Hall–Kier alpha value is -3.99. The van der Waals surface area contributed by atoms with Crippen molar-refractivity contribution in [2.45, 2.75) is 51.2 Å². The molecule has 4 aliphatic rings. The third kappa shape index (κ3) is 4.40. The van der Waals surface area contributed by atoms with E-state index in [2.05, 4.69) is 22.3 Å². The number of nitrogens with zero attached hydrogens (tertiary/aromatic N) is 4. The number of amides is 4. The summed E-state index contributed by atoms with van der Waals surface area (Å²) in [6.45, 7) is 8.53. The van der Waals surface area contributed by atoms with Crippen molar-refractivity contribution >= 4 is 29.3 Å². The van der Waals surface area contributed by atoms with E-state index in [1.54, 1.807) is 24.4 Å². The molecule has 0 saturated carbocycles. The zero-order chi connectivity index (χ0) is 27.3. The van der Waals surface area contributed by atoms with Gasteiger partial charge in [0, 0.05) is 42.8 Å². The van der Waals surface area contributed by atoms with Crippen molar-refractivity contribution in [2.24, 2.45) is 5.41 Å². The van der Waals surface area contributed by atoms with Crippen molar-refractivity contribution in [3.63, 3.8) is 0 Å². The molecule has 1 aromatic heterocycles. The minimum absolute atomic E-state index is 0.175. The summed E-state index contributed by atoms with van der Waals surface area (Å²) in [4.78, 5) is 54.8. The number of carbonyl (C=O) groups excluding carboxylic acids is 4. The van der Waals surface area contributed by atoms with Gasteiger partial charge in [0.2, 0.25) is 11.8 Å². The molecule has 1 aromatic carbocycles. The van der Waals surface area contributed by atoms with Crippen LogP contribution in [0.15, 0.2) is 42.9 Å². The van der Waals surface area contributed by atoms with E-state index in [-0.39, 0.29) is 28.8 Å². The molecule has 5 heterocycles. The molecule has 39 heavy (non-hydrogen) atoms. The monoisotopic (exact) mass is 532 g/mol. The van der Waals surface area contributed by atoms with Crippen molar-refractivity contribution in [1.82, 2.24) is 24.9 Å². The molecule has 2 aromatic rings. The molecule has 3 saturated heterocycles. The maximum absolute atomic E-state index is 13.3. The van der Waals surface area contributed by atoms with Gasteiger partial charge >= 0.3 is 0 Å². The standard InChI is InChI=1S/C28H32N6O5/c1-17-6-7-22(24(35)31-17)34-25(36)20-4-3-5-21(23(20)26(34)37)29-12-18-13-30-33(14-18)19-8-10-32(11-9-19)27(38)28(2)15-39-16-28/h3-5,13-14,19,22,29H,1,6-12,15-16H2,2H3,(H,31,35). The van der Waals surface area contributed by atoms with Crippen LogP contribution in [0.1, 0.15) is 64.9 Å². The average molecular weight is 533 g/mol. The van der Waals surface area contributed by atoms with E-state index in [0.717, 1.165) is 23.3 Å². The average Bonchev–Trinajstić information content (AvgIpc) is 3.49. The normalized spacial score (nSPS) is 22.9. The number of fused-ring (bicyclic) bond motifs is 1. The second-order valence-electron chi connectivity index (χ2n) is 11.1. The number of nitrogens with one attached hydrogen (secondary N) is 2. The SMILES string of the molecule is C=C1CCC(N2C(=O)c3cccc(NCc4cnn(C5CCN(C(=O)C6(C)COC6)CC5)c4)c3C2=O)C(=O)N1. The minimum atomic E-state index is -0.847. The van der Waals surface area contributed by atoms with Crippen molar-refractivity contribution in [3.05, 3.63) is 59.6 Å². The second-order valence-corrected chi connectivity index (χ2v) is 11.1. The van der Waals surface area contributed by atoms with Crippen LogP contribution in [0.3, 0.4) is 0 Å². The highest BCUT2D eigenvalue weighted by Crippen LogP contribution is 2.34. The Morgan fingerprint density at radius 1 is 1.18 bits per heavy atom. The zero-order valence-electron chi connectivity index (χ0n) is 21.9. The number of rotatable bonds is 6. The summed E-state index contributed by atoms with van der Waals surface area (Å²) in [5, 5.41) is 10.5. The molecule has 4 aliphatic heterocycles. The van der Waals surface area contributed by atoms with E-state index >= 15 is 0 Å². The lowest BCUT2D eigenvalue weighted by molar-refractivity contribution is -0.170. The molecular weight excluding hydrogens is 500 g/mol. The molecule has 0 spiro atoms. The Balaban J connectivity index is 1.09. The smallest absolute Gasteiger partial charge is 0.264 e. The fourth-order valence-corrected chi connectivity index (χ4v) is 5.85. The van der Waals surface area contributed by atoms with E-state index in [0.29, 0.717) is 62.6 Å². The number of ether oxygens (including phenoxy) is 1. The molecule has 204 valence electrons. The quantitative estimate of drug-likeness (QED) is 0.546. The molecule has 4 amide bonds. The number of piperidine rings is 2. The van der Waals surface area contributed by atoms with Gasteiger partial charge in [-0.15, -0.1) is 0 Å². The van der Waals surface area contributed by atoms with Gasteiger partial charge in [0.25, 0.3) is 11.8 Å². The van der Waals surface area contributed by atoms with E-state index in [1.165, 1.54) is 0 Å². The van der Waals surface area contributed by atoms with E-state index in [9.17, 15) is 19.2 Å². The highest BCUT2D eigenvalue weighted by atomic mass is 16.5. The van der Waals surface area contributed by atoms with E-state index in [4.69, 9.17) is 4.74 Å². The topological polar surface area (TPSA) is 126 Å². The lowest BCUT2D eigenvalue weighted by Gasteiger charge is -2.42. The number of anilines is 1. The molecular formula is C28H32N6O5. The highest BCUT2D eigenvalue weighted by molar-refractivity contribution is 6.25. The molecule has 0 radical (unpaired) electrons. The number of allylic oxidation sites excluding steroid dienone is 1. The number of hydrogen-bond donors (Lipinski definition) is 2. The summed E-state index contributed by atoms with van der Waals surface area (Å²) in [6.07, 6.45) is 6.31. The van der Waals surface area contributed by atoms with Gasteiger partial charge in [0.1, 0.15) is 6.04 Å². The molecule has 1 unspecified atom stereocenters.